The van der Waals surface area contributed by atoms with Crippen molar-refractivity contribution >= 4 is 35.2 Å². The van der Waals surface area contributed by atoms with Crippen molar-refractivity contribution in [3.05, 3.63) is 81.6 Å². The summed E-state index contributed by atoms with van der Waals surface area (Å²) >= 11 is 6.12. The lowest BCUT2D eigenvalue weighted by molar-refractivity contribution is -0.121. The quantitative estimate of drug-likeness (QED) is 0.382. The Bertz CT molecular complexity index is 1240. The van der Waals surface area contributed by atoms with E-state index in [0.29, 0.717) is 17.3 Å². The topological polar surface area (TPSA) is 92.1 Å². The number of hydrogen-bond donors (Lipinski definition) is 1. The molecule has 3 aromatic rings. The second-order valence-electron chi connectivity index (χ2n) is 8.04. The zero-order chi connectivity index (χ0) is 24.6. The average molecular weight is 495 g/mol. The highest BCUT2D eigenvalue weighted by molar-refractivity contribution is 6.30. The molecular formula is C25H27ClN6O3. The van der Waals surface area contributed by atoms with Crippen LogP contribution in [0.15, 0.2) is 70.6 Å². The van der Waals surface area contributed by atoms with E-state index in [0.717, 1.165) is 47.9 Å². The van der Waals surface area contributed by atoms with Crippen molar-refractivity contribution in [3.63, 3.8) is 0 Å². The predicted molar refractivity (Wildman–Crippen MR) is 138 cm³/mol. The van der Waals surface area contributed by atoms with E-state index in [9.17, 15) is 9.59 Å². The minimum absolute atomic E-state index is 0.213. The van der Waals surface area contributed by atoms with Gasteiger partial charge in [0.25, 0.3) is 11.5 Å². The maximum Gasteiger partial charge on any atom is 0.267 e. The fraction of sp³-hybridized carbons (Fsp3) is 0.280. The normalized spacial score (nSPS) is 13.8. The van der Waals surface area contributed by atoms with Crippen molar-refractivity contribution < 1.29 is 9.53 Å². The Balaban J connectivity index is 1.30. The molecule has 4 rings (SSSR count). The molecule has 1 aromatic heterocycles. The molecule has 1 aliphatic rings. The van der Waals surface area contributed by atoms with Crippen LogP contribution in [-0.2, 0) is 17.8 Å². The molecule has 0 atom stereocenters. The lowest BCUT2D eigenvalue weighted by Gasteiger charge is -2.36. The zero-order valence-electron chi connectivity index (χ0n) is 19.4. The van der Waals surface area contributed by atoms with Gasteiger partial charge in [0.15, 0.2) is 0 Å². The molecule has 1 saturated heterocycles. The van der Waals surface area contributed by atoms with Crippen LogP contribution in [0.2, 0.25) is 5.02 Å². The van der Waals surface area contributed by atoms with Gasteiger partial charge in [-0.15, -0.1) is 0 Å². The van der Waals surface area contributed by atoms with Crippen molar-refractivity contribution in [2.24, 2.45) is 5.10 Å². The number of carbonyl (C=O) groups is 1. The highest BCUT2D eigenvalue weighted by Gasteiger charge is 2.19. The van der Waals surface area contributed by atoms with Crippen LogP contribution in [0.3, 0.4) is 0 Å². The summed E-state index contributed by atoms with van der Waals surface area (Å²) in [5.41, 5.74) is 4.22. The van der Waals surface area contributed by atoms with E-state index in [1.165, 1.54) is 6.07 Å². The molecule has 10 heteroatoms. The van der Waals surface area contributed by atoms with E-state index in [4.69, 9.17) is 16.3 Å². The Morgan fingerprint density at radius 3 is 2.54 bits per heavy atom. The maximum atomic E-state index is 12.3. The number of nitrogens with zero attached hydrogens (tertiary/aromatic N) is 5. The van der Waals surface area contributed by atoms with Gasteiger partial charge in [-0.05, 0) is 42.0 Å². The van der Waals surface area contributed by atoms with Gasteiger partial charge < -0.3 is 14.5 Å². The van der Waals surface area contributed by atoms with E-state index < -0.39 is 5.91 Å². The number of piperazine rings is 1. The minimum atomic E-state index is -0.423. The molecule has 1 amide bonds. The number of hydrogen-bond acceptors (Lipinski definition) is 7. The van der Waals surface area contributed by atoms with Gasteiger partial charge >= 0.3 is 0 Å². The van der Waals surface area contributed by atoms with E-state index in [1.54, 1.807) is 19.4 Å². The SMILES string of the molecule is COc1ccc(C/C=N/NC(=O)Cn2nc(N3CCN(c4cccc(Cl)c4)CC3)ccc2=O)cc1. The van der Waals surface area contributed by atoms with E-state index >= 15 is 0 Å². The average Bonchev–Trinajstić information content (AvgIpc) is 2.88. The number of benzene rings is 2. The van der Waals surface area contributed by atoms with Gasteiger partial charge in [0.1, 0.15) is 18.1 Å². The highest BCUT2D eigenvalue weighted by Crippen LogP contribution is 2.22. The standard InChI is InChI=1S/C25H27ClN6O3/c1-35-22-7-5-19(6-8-22)11-12-27-28-24(33)18-32-25(34)10-9-23(29-32)31-15-13-30(14-16-31)21-4-2-3-20(26)17-21/h2-10,12,17H,11,13-16,18H2,1H3,(H,28,33)/b27-12+. The van der Waals surface area contributed by atoms with E-state index in [2.05, 4.69) is 25.4 Å². The van der Waals surface area contributed by atoms with E-state index in [-0.39, 0.29) is 12.1 Å². The van der Waals surface area contributed by atoms with Crippen molar-refractivity contribution in [2.45, 2.75) is 13.0 Å². The number of methoxy groups -OCH3 is 1. The molecule has 1 aliphatic heterocycles. The number of carbonyl (C=O) groups excluding carboxylic acids is 1. The first-order valence-electron chi connectivity index (χ1n) is 11.3. The number of halogens is 1. The molecule has 1 N–H and O–H groups in total. The van der Waals surface area contributed by atoms with Gasteiger partial charge in [-0.3, -0.25) is 9.59 Å². The molecule has 0 unspecified atom stereocenters. The van der Waals surface area contributed by atoms with Crippen molar-refractivity contribution in [1.29, 1.82) is 0 Å². The third-order valence-corrected chi connectivity index (χ3v) is 5.92. The molecule has 0 radical (unpaired) electrons. The van der Waals surface area contributed by atoms with Gasteiger partial charge in [-0.2, -0.15) is 10.2 Å². The number of rotatable bonds is 8. The summed E-state index contributed by atoms with van der Waals surface area (Å²) in [5, 5.41) is 9.08. The number of aromatic nitrogens is 2. The second-order valence-corrected chi connectivity index (χ2v) is 8.48. The van der Waals surface area contributed by atoms with Crippen LogP contribution in [0.25, 0.3) is 0 Å². The third kappa shape index (κ3) is 6.60. The lowest BCUT2D eigenvalue weighted by atomic mass is 10.2. The van der Waals surface area contributed by atoms with Gasteiger partial charge in [-0.1, -0.05) is 29.8 Å². The summed E-state index contributed by atoms with van der Waals surface area (Å²) in [7, 11) is 1.62. The first kappa shape index (κ1) is 24.3. The van der Waals surface area contributed by atoms with Gasteiger partial charge in [0.2, 0.25) is 0 Å². The fourth-order valence-corrected chi connectivity index (χ4v) is 3.97. The third-order valence-electron chi connectivity index (χ3n) is 5.69. The smallest absolute Gasteiger partial charge is 0.267 e. The fourth-order valence-electron chi connectivity index (χ4n) is 3.79. The zero-order valence-corrected chi connectivity index (χ0v) is 20.2. The molecule has 2 heterocycles. The molecule has 9 nitrogen and oxygen atoms in total. The van der Waals surface area contributed by atoms with Gasteiger partial charge in [0, 0.05) is 55.6 Å². The number of anilines is 2. The summed E-state index contributed by atoms with van der Waals surface area (Å²) in [6, 6.07) is 18.5. The molecule has 0 bridgehead atoms. The molecule has 2 aromatic carbocycles. The molecule has 0 saturated carbocycles. The van der Waals surface area contributed by atoms with Crippen LogP contribution >= 0.6 is 11.6 Å². The first-order valence-corrected chi connectivity index (χ1v) is 11.7. The summed E-state index contributed by atoms with van der Waals surface area (Å²) in [5.74, 6) is 1.02. The summed E-state index contributed by atoms with van der Waals surface area (Å²) < 4.78 is 6.29. The largest absolute Gasteiger partial charge is 0.497 e. The monoisotopic (exact) mass is 494 g/mol. The molecule has 0 aliphatic carbocycles. The summed E-state index contributed by atoms with van der Waals surface area (Å²) in [6.07, 6.45) is 2.16. The van der Waals surface area contributed by atoms with Crippen molar-refractivity contribution in [3.8, 4) is 5.75 Å². The number of amides is 1. The Labute approximate surface area is 208 Å². The van der Waals surface area contributed by atoms with Crippen LogP contribution in [0.5, 0.6) is 5.75 Å². The Hall–Kier alpha value is -3.85. The molecule has 182 valence electrons. The van der Waals surface area contributed by atoms with Crippen LogP contribution < -0.4 is 25.5 Å². The number of ether oxygens (including phenoxy) is 1. The molecule has 0 spiro atoms. The minimum Gasteiger partial charge on any atom is -0.497 e. The molecule has 35 heavy (non-hydrogen) atoms. The first-order chi connectivity index (χ1) is 17.0. The highest BCUT2D eigenvalue weighted by atomic mass is 35.5. The summed E-state index contributed by atoms with van der Waals surface area (Å²) in [6.45, 7) is 2.85. The van der Waals surface area contributed by atoms with E-state index in [1.807, 2.05) is 48.5 Å². The van der Waals surface area contributed by atoms with Crippen molar-refractivity contribution in [1.82, 2.24) is 15.2 Å². The lowest BCUT2D eigenvalue weighted by Crippen LogP contribution is -2.47. The Morgan fingerprint density at radius 2 is 1.83 bits per heavy atom. The number of nitrogens with one attached hydrogen (secondary N) is 1. The predicted octanol–water partition coefficient (Wildman–Crippen LogP) is 2.58. The van der Waals surface area contributed by atoms with Crippen molar-refractivity contribution in [2.75, 3.05) is 43.1 Å². The summed E-state index contributed by atoms with van der Waals surface area (Å²) in [4.78, 5) is 28.9. The van der Waals surface area contributed by atoms with Crippen LogP contribution in [-0.4, -0.2) is 55.2 Å². The van der Waals surface area contributed by atoms with Gasteiger partial charge in [0.05, 0.1) is 7.11 Å². The van der Waals surface area contributed by atoms with Crippen LogP contribution in [0.1, 0.15) is 5.56 Å². The Kier molecular flexibility index (Phi) is 7.99. The second kappa shape index (κ2) is 11.5. The number of hydrazone groups is 1. The van der Waals surface area contributed by atoms with Gasteiger partial charge in [-0.25, -0.2) is 10.1 Å². The van der Waals surface area contributed by atoms with Crippen LogP contribution in [0.4, 0.5) is 11.5 Å². The van der Waals surface area contributed by atoms with Crippen LogP contribution in [0, 0.1) is 0 Å². The molecule has 1 fully saturated rings. The maximum absolute atomic E-state index is 12.3. The Morgan fingerprint density at radius 1 is 1.09 bits per heavy atom. The molecular weight excluding hydrogens is 468 g/mol.